The van der Waals surface area contributed by atoms with Gasteiger partial charge in [-0.05, 0) is 61.9 Å². The zero-order valence-corrected chi connectivity index (χ0v) is 16.1. The van der Waals surface area contributed by atoms with Crippen molar-refractivity contribution in [3.63, 3.8) is 0 Å². The summed E-state index contributed by atoms with van der Waals surface area (Å²) >= 11 is 1.58. The van der Waals surface area contributed by atoms with Crippen molar-refractivity contribution < 1.29 is 14.0 Å². The van der Waals surface area contributed by atoms with Gasteiger partial charge in [0.15, 0.2) is 5.76 Å². The van der Waals surface area contributed by atoms with Crippen LogP contribution in [0, 0.1) is 13.8 Å². The van der Waals surface area contributed by atoms with E-state index in [4.69, 9.17) is 4.42 Å². The normalized spacial score (nSPS) is 10.8. The van der Waals surface area contributed by atoms with Gasteiger partial charge in [-0.25, -0.2) is 4.98 Å². The number of thiazole rings is 1. The van der Waals surface area contributed by atoms with Crippen LogP contribution >= 0.6 is 11.3 Å². The minimum Gasteiger partial charge on any atom is -0.459 e. The molecule has 0 saturated heterocycles. The second-order valence-electron chi connectivity index (χ2n) is 6.33. The number of furan rings is 1. The van der Waals surface area contributed by atoms with E-state index in [0.29, 0.717) is 16.9 Å². The largest absolute Gasteiger partial charge is 0.459 e. The van der Waals surface area contributed by atoms with Crippen molar-refractivity contribution in [3.8, 4) is 0 Å². The fourth-order valence-corrected chi connectivity index (χ4v) is 3.68. The molecule has 4 rings (SSSR count). The third-order valence-electron chi connectivity index (χ3n) is 4.25. The van der Waals surface area contributed by atoms with E-state index >= 15 is 0 Å². The van der Waals surface area contributed by atoms with E-state index in [2.05, 4.69) is 15.6 Å². The van der Waals surface area contributed by atoms with Gasteiger partial charge in [0.1, 0.15) is 0 Å². The quantitative estimate of drug-likeness (QED) is 0.512. The molecule has 2 N–H and O–H groups in total. The third-order valence-corrected chi connectivity index (χ3v) is 5.18. The van der Waals surface area contributed by atoms with Crippen LogP contribution in [0.15, 0.2) is 59.2 Å². The molecule has 2 amide bonds. The van der Waals surface area contributed by atoms with E-state index in [0.717, 1.165) is 20.8 Å². The fraction of sp³-hybridized carbons (Fsp3) is 0.0952. The highest BCUT2D eigenvalue weighted by Gasteiger charge is 2.13. The Morgan fingerprint density at radius 1 is 1.00 bits per heavy atom. The van der Waals surface area contributed by atoms with Gasteiger partial charge in [-0.2, -0.15) is 0 Å². The minimum atomic E-state index is -0.364. The molecular weight excluding hydrogens is 374 g/mol. The monoisotopic (exact) mass is 391 g/mol. The molecule has 2 heterocycles. The molecule has 2 aromatic heterocycles. The van der Waals surface area contributed by atoms with Crippen LogP contribution in [0.25, 0.3) is 10.2 Å². The highest BCUT2D eigenvalue weighted by Crippen LogP contribution is 2.25. The fourth-order valence-electron chi connectivity index (χ4n) is 2.81. The Hall–Kier alpha value is -3.45. The Kier molecular flexibility index (Phi) is 4.67. The zero-order valence-electron chi connectivity index (χ0n) is 15.3. The number of aromatic nitrogens is 1. The van der Waals surface area contributed by atoms with Gasteiger partial charge >= 0.3 is 0 Å². The summed E-state index contributed by atoms with van der Waals surface area (Å²) in [6.45, 7) is 3.81. The highest BCUT2D eigenvalue weighted by molar-refractivity contribution is 7.18. The summed E-state index contributed by atoms with van der Waals surface area (Å²) in [7, 11) is 0. The van der Waals surface area contributed by atoms with Crippen molar-refractivity contribution in [1.82, 2.24) is 4.98 Å². The van der Waals surface area contributed by atoms with Crippen LogP contribution in [0.2, 0.25) is 0 Å². The molecule has 0 aliphatic rings. The number of benzene rings is 2. The molecule has 4 aromatic rings. The van der Waals surface area contributed by atoms with Gasteiger partial charge in [0.05, 0.1) is 21.5 Å². The average Bonchev–Trinajstić information content (AvgIpc) is 3.32. The maximum Gasteiger partial charge on any atom is 0.291 e. The van der Waals surface area contributed by atoms with Gasteiger partial charge in [-0.3, -0.25) is 9.59 Å². The number of carbonyl (C=O) groups excluding carboxylic acids is 2. The number of fused-ring (bicyclic) bond motifs is 1. The maximum atomic E-state index is 12.7. The van der Waals surface area contributed by atoms with Crippen LogP contribution in [-0.4, -0.2) is 16.8 Å². The van der Waals surface area contributed by atoms with E-state index in [9.17, 15) is 9.59 Å². The second kappa shape index (κ2) is 7.28. The Morgan fingerprint density at radius 3 is 2.64 bits per heavy atom. The molecule has 0 aliphatic heterocycles. The zero-order chi connectivity index (χ0) is 19.7. The van der Waals surface area contributed by atoms with Crippen molar-refractivity contribution in [1.29, 1.82) is 0 Å². The van der Waals surface area contributed by atoms with Crippen LogP contribution in [0.5, 0.6) is 0 Å². The van der Waals surface area contributed by atoms with Gasteiger partial charge in [-0.1, -0.05) is 6.07 Å². The first-order chi connectivity index (χ1) is 13.5. The summed E-state index contributed by atoms with van der Waals surface area (Å²) in [5, 5.41) is 6.66. The van der Waals surface area contributed by atoms with Crippen molar-refractivity contribution in [3.05, 3.63) is 76.7 Å². The summed E-state index contributed by atoms with van der Waals surface area (Å²) < 4.78 is 6.12. The topological polar surface area (TPSA) is 84.2 Å². The molecule has 2 aromatic carbocycles. The first-order valence-corrected chi connectivity index (χ1v) is 9.45. The van der Waals surface area contributed by atoms with Gasteiger partial charge in [-0.15, -0.1) is 11.3 Å². The molecule has 28 heavy (non-hydrogen) atoms. The summed E-state index contributed by atoms with van der Waals surface area (Å²) in [6.07, 6.45) is 1.44. The SMILES string of the molecule is Cc1nc2ccc(NC(=O)c3ccc(C)c(NC(=O)c4ccco4)c3)cc2s1. The number of amides is 2. The first kappa shape index (κ1) is 17.9. The van der Waals surface area contributed by atoms with Crippen molar-refractivity contribution in [2.75, 3.05) is 10.6 Å². The first-order valence-electron chi connectivity index (χ1n) is 8.63. The number of hydrogen-bond acceptors (Lipinski definition) is 5. The lowest BCUT2D eigenvalue weighted by Gasteiger charge is -2.10. The number of nitrogens with one attached hydrogen (secondary N) is 2. The molecule has 0 atom stereocenters. The Morgan fingerprint density at radius 2 is 1.86 bits per heavy atom. The van der Waals surface area contributed by atoms with E-state index in [-0.39, 0.29) is 17.6 Å². The molecule has 0 aliphatic carbocycles. The number of anilines is 2. The highest BCUT2D eigenvalue weighted by atomic mass is 32.1. The Labute approximate surface area is 165 Å². The maximum absolute atomic E-state index is 12.7. The summed E-state index contributed by atoms with van der Waals surface area (Å²) in [6, 6.07) is 14.0. The Balaban J connectivity index is 1.54. The number of rotatable bonds is 4. The van der Waals surface area contributed by atoms with E-state index in [1.807, 2.05) is 32.0 Å². The predicted molar refractivity (Wildman–Crippen MR) is 110 cm³/mol. The summed E-state index contributed by atoms with van der Waals surface area (Å²) in [5.74, 6) is -0.409. The van der Waals surface area contributed by atoms with Gasteiger partial charge in [0.2, 0.25) is 0 Å². The number of carbonyl (C=O) groups is 2. The molecule has 0 spiro atoms. The number of aryl methyl sites for hydroxylation is 2. The lowest BCUT2D eigenvalue weighted by Crippen LogP contribution is -2.15. The third kappa shape index (κ3) is 3.65. The van der Waals surface area contributed by atoms with E-state index in [1.54, 1.807) is 41.7 Å². The minimum absolute atomic E-state index is 0.211. The summed E-state index contributed by atoms with van der Waals surface area (Å²) in [4.78, 5) is 29.3. The number of hydrogen-bond donors (Lipinski definition) is 2. The predicted octanol–water partition coefficient (Wildman–Crippen LogP) is 5.01. The molecule has 0 unspecified atom stereocenters. The molecule has 7 heteroatoms. The Bertz CT molecular complexity index is 1180. The summed E-state index contributed by atoms with van der Waals surface area (Å²) in [5.41, 5.74) is 3.46. The van der Waals surface area contributed by atoms with Crippen molar-refractivity contribution >= 4 is 44.7 Å². The molecule has 0 radical (unpaired) electrons. The van der Waals surface area contributed by atoms with E-state index < -0.39 is 0 Å². The van der Waals surface area contributed by atoms with Crippen LogP contribution in [0.3, 0.4) is 0 Å². The van der Waals surface area contributed by atoms with Crippen molar-refractivity contribution in [2.24, 2.45) is 0 Å². The smallest absolute Gasteiger partial charge is 0.291 e. The molecule has 140 valence electrons. The van der Waals surface area contributed by atoms with Crippen molar-refractivity contribution in [2.45, 2.75) is 13.8 Å². The molecule has 0 fully saturated rings. The average molecular weight is 391 g/mol. The second-order valence-corrected chi connectivity index (χ2v) is 7.57. The lowest BCUT2D eigenvalue weighted by molar-refractivity contribution is 0.0993. The molecule has 0 saturated carbocycles. The van der Waals surface area contributed by atoms with Crippen LogP contribution in [-0.2, 0) is 0 Å². The van der Waals surface area contributed by atoms with Gasteiger partial charge in [0.25, 0.3) is 11.8 Å². The molecule has 6 nitrogen and oxygen atoms in total. The van der Waals surface area contributed by atoms with Crippen LogP contribution in [0.4, 0.5) is 11.4 Å². The van der Waals surface area contributed by atoms with Gasteiger partial charge < -0.3 is 15.1 Å². The van der Waals surface area contributed by atoms with Gasteiger partial charge in [0, 0.05) is 16.9 Å². The number of nitrogens with zero attached hydrogens (tertiary/aromatic N) is 1. The molecular formula is C21H17N3O3S. The van der Waals surface area contributed by atoms with Crippen LogP contribution in [0.1, 0.15) is 31.5 Å². The molecule has 0 bridgehead atoms. The standard InChI is InChI=1S/C21H17N3O3S/c1-12-5-6-14(10-17(12)24-21(26)18-4-3-9-27-18)20(25)23-15-7-8-16-19(11-15)28-13(2)22-16/h3-11H,1-2H3,(H,23,25)(H,24,26). The lowest BCUT2D eigenvalue weighted by atomic mass is 10.1. The van der Waals surface area contributed by atoms with E-state index in [1.165, 1.54) is 6.26 Å². The van der Waals surface area contributed by atoms with Crippen LogP contribution < -0.4 is 10.6 Å².